The number of amides is 1. The molecule has 0 radical (unpaired) electrons. The maximum absolute atomic E-state index is 12.6. The molecule has 0 bridgehead atoms. The van der Waals surface area contributed by atoms with Crippen molar-refractivity contribution in [3.05, 3.63) is 76.1 Å². The summed E-state index contributed by atoms with van der Waals surface area (Å²) in [6.45, 7) is 4.07. The van der Waals surface area contributed by atoms with Gasteiger partial charge in [-0.25, -0.2) is 4.79 Å². The predicted octanol–water partition coefficient (Wildman–Crippen LogP) is 3.53. The van der Waals surface area contributed by atoms with E-state index in [1.54, 1.807) is 31.0 Å². The van der Waals surface area contributed by atoms with Gasteiger partial charge in [0.15, 0.2) is 6.10 Å². The Bertz CT molecular complexity index is 978. The van der Waals surface area contributed by atoms with Crippen molar-refractivity contribution in [2.45, 2.75) is 26.5 Å². The first-order chi connectivity index (χ1) is 12.4. The van der Waals surface area contributed by atoms with Crippen LogP contribution in [0.2, 0.25) is 0 Å². The normalized spacial score (nSPS) is 12.0. The van der Waals surface area contributed by atoms with E-state index in [0.29, 0.717) is 17.9 Å². The third-order valence-corrected chi connectivity index (χ3v) is 4.22. The van der Waals surface area contributed by atoms with E-state index in [9.17, 15) is 9.59 Å². The molecule has 0 saturated heterocycles. The Morgan fingerprint density at radius 3 is 2.62 bits per heavy atom. The molecule has 1 aromatic heterocycles. The molecule has 0 fully saturated rings. The molecule has 0 saturated carbocycles. The first-order valence-electron chi connectivity index (χ1n) is 8.44. The number of aryl methyl sites for hydroxylation is 1. The van der Waals surface area contributed by atoms with Crippen molar-refractivity contribution in [1.29, 1.82) is 0 Å². The molecule has 0 aliphatic rings. The van der Waals surface area contributed by atoms with Crippen molar-refractivity contribution in [3.8, 4) is 5.75 Å². The molecule has 1 heterocycles. The van der Waals surface area contributed by atoms with Crippen LogP contribution in [0.3, 0.4) is 0 Å². The van der Waals surface area contributed by atoms with Gasteiger partial charge in [0.05, 0.1) is 0 Å². The molecule has 1 atom stereocenters. The number of rotatable bonds is 5. The molecule has 26 heavy (non-hydrogen) atoms. The van der Waals surface area contributed by atoms with Crippen molar-refractivity contribution < 1.29 is 13.9 Å². The minimum atomic E-state index is -0.655. The summed E-state index contributed by atoms with van der Waals surface area (Å²) in [6, 6.07) is 16.5. The van der Waals surface area contributed by atoms with Crippen molar-refractivity contribution >= 4 is 16.9 Å². The molecule has 2 aromatic carbocycles. The number of likely N-dealkylation sites (N-methyl/N-ethyl adjacent to an activating group) is 1. The third-order valence-electron chi connectivity index (χ3n) is 4.22. The summed E-state index contributed by atoms with van der Waals surface area (Å²) in [5.74, 6) is 0.361. The van der Waals surface area contributed by atoms with Crippen molar-refractivity contribution in [3.63, 3.8) is 0 Å². The zero-order valence-corrected chi connectivity index (χ0v) is 15.1. The van der Waals surface area contributed by atoms with Gasteiger partial charge >= 0.3 is 5.63 Å². The fourth-order valence-corrected chi connectivity index (χ4v) is 2.88. The molecule has 3 aromatic rings. The molecule has 5 heteroatoms. The van der Waals surface area contributed by atoms with E-state index in [0.717, 1.165) is 16.5 Å². The van der Waals surface area contributed by atoms with Gasteiger partial charge in [0, 0.05) is 31.1 Å². The first-order valence-corrected chi connectivity index (χ1v) is 8.44. The van der Waals surface area contributed by atoms with Crippen molar-refractivity contribution in [2.24, 2.45) is 0 Å². The average molecular weight is 351 g/mol. The number of carbonyl (C=O) groups is 1. The van der Waals surface area contributed by atoms with Gasteiger partial charge in [-0.3, -0.25) is 4.79 Å². The maximum atomic E-state index is 12.6. The molecule has 5 nitrogen and oxygen atoms in total. The minimum Gasteiger partial charge on any atom is -0.481 e. The van der Waals surface area contributed by atoms with E-state index in [2.05, 4.69) is 0 Å². The lowest BCUT2D eigenvalue weighted by molar-refractivity contribution is -0.137. The maximum Gasteiger partial charge on any atom is 0.336 e. The number of fused-ring (bicyclic) bond motifs is 1. The quantitative estimate of drug-likeness (QED) is 0.660. The summed E-state index contributed by atoms with van der Waals surface area (Å²) in [5.41, 5.74) is 1.94. The fourth-order valence-electron chi connectivity index (χ4n) is 2.88. The van der Waals surface area contributed by atoms with Crippen LogP contribution in [0.4, 0.5) is 0 Å². The zero-order chi connectivity index (χ0) is 18.7. The SMILES string of the molecule is Cc1cc(=O)oc2cc(O[C@@H](C)C(=O)N(C)Cc3ccccc3)ccc12. The second kappa shape index (κ2) is 7.44. The Hall–Kier alpha value is -3.08. The van der Waals surface area contributed by atoms with E-state index >= 15 is 0 Å². The molecule has 0 unspecified atom stereocenters. The van der Waals surface area contributed by atoms with E-state index in [1.165, 1.54) is 6.07 Å². The standard InChI is InChI=1S/C21H21NO4/c1-14-11-20(23)26-19-12-17(9-10-18(14)19)25-15(2)21(24)22(3)13-16-7-5-4-6-8-16/h4-12,15H,13H2,1-3H3/t15-/m0/s1. The van der Waals surface area contributed by atoms with Gasteiger partial charge in [0.25, 0.3) is 5.91 Å². The zero-order valence-electron chi connectivity index (χ0n) is 15.1. The lowest BCUT2D eigenvalue weighted by Crippen LogP contribution is -2.37. The Labute approximate surface area is 151 Å². The van der Waals surface area contributed by atoms with Crippen LogP contribution in [-0.2, 0) is 11.3 Å². The van der Waals surface area contributed by atoms with Crippen molar-refractivity contribution in [2.75, 3.05) is 7.05 Å². The largest absolute Gasteiger partial charge is 0.481 e. The van der Waals surface area contributed by atoms with Crippen LogP contribution in [0, 0.1) is 6.92 Å². The van der Waals surface area contributed by atoms with Gasteiger partial charge in [-0.1, -0.05) is 30.3 Å². The molecule has 0 aliphatic carbocycles. The molecule has 3 rings (SSSR count). The summed E-state index contributed by atoms with van der Waals surface area (Å²) in [6.07, 6.45) is -0.655. The molecule has 0 N–H and O–H groups in total. The molecule has 0 aliphatic heterocycles. The van der Waals surface area contributed by atoms with Crippen LogP contribution < -0.4 is 10.4 Å². The highest BCUT2D eigenvalue weighted by molar-refractivity contribution is 5.82. The summed E-state index contributed by atoms with van der Waals surface area (Å²) in [7, 11) is 1.75. The number of carbonyl (C=O) groups excluding carboxylic acids is 1. The Kier molecular flexibility index (Phi) is 5.07. The molecule has 0 spiro atoms. The second-order valence-corrected chi connectivity index (χ2v) is 6.35. The molecule has 134 valence electrons. The Morgan fingerprint density at radius 1 is 1.15 bits per heavy atom. The third kappa shape index (κ3) is 3.94. The highest BCUT2D eigenvalue weighted by atomic mass is 16.5. The summed E-state index contributed by atoms with van der Waals surface area (Å²) < 4.78 is 11.0. The van der Waals surface area contributed by atoms with E-state index in [-0.39, 0.29) is 5.91 Å². The Morgan fingerprint density at radius 2 is 1.88 bits per heavy atom. The molecular formula is C21H21NO4. The number of hydrogen-bond donors (Lipinski definition) is 0. The first kappa shape index (κ1) is 17.7. The molecule has 1 amide bonds. The average Bonchev–Trinajstić information content (AvgIpc) is 2.61. The van der Waals surface area contributed by atoms with Gasteiger partial charge in [0.2, 0.25) is 0 Å². The van der Waals surface area contributed by atoms with Gasteiger partial charge in [-0.05, 0) is 37.1 Å². The van der Waals surface area contributed by atoms with Crippen LogP contribution >= 0.6 is 0 Å². The van der Waals surface area contributed by atoms with E-state index in [4.69, 9.17) is 9.15 Å². The van der Waals surface area contributed by atoms with Crippen molar-refractivity contribution in [1.82, 2.24) is 4.90 Å². The lowest BCUT2D eigenvalue weighted by Gasteiger charge is -2.22. The number of ether oxygens (including phenoxy) is 1. The van der Waals surface area contributed by atoms with Crippen LogP contribution in [0.25, 0.3) is 11.0 Å². The summed E-state index contributed by atoms with van der Waals surface area (Å²) in [4.78, 5) is 25.7. The Balaban J connectivity index is 1.72. The van der Waals surface area contributed by atoms with E-state index in [1.807, 2.05) is 43.3 Å². The smallest absolute Gasteiger partial charge is 0.336 e. The van der Waals surface area contributed by atoms with Gasteiger partial charge in [-0.2, -0.15) is 0 Å². The highest BCUT2D eigenvalue weighted by Gasteiger charge is 2.19. The topological polar surface area (TPSA) is 59.8 Å². The van der Waals surface area contributed by atoms with Crippen LogP contribution in [0.15, 0.2) is 63.8 Å². The van der Waals surface area contributed by atoms with Gasteiger partial charge in [0.1, 0.15) is 11.3 Å². The number of benzene rings is 2. The van der Waals surface area contributed by atoms with Crippen LogP contribution in [0.5, 0.6) is 5.75 Å². The summed E-state index contributed by atoms with van der Waals surface area (Å²) >= 11 is 0. The monoisotopic (exact) mass is 351 g/mol. The number of hydrogen-bond acceptors (Lipinski definition) is 4. The second-order valence-electron chi connectivity index (χ2n) is 6.35. The minimum absolute atomic E-state index is 0.125. The van der Waals surface area contributed by atoms with Gasteiger partial charge in [-0.15, -0.1) is 0 Å². The fraction of sp³-hybridized carbons (Fsp3) is 0.238. The summed E-state index contributed by atoms with van der Waals surface area (Å²) in [5, 5.41) is 0.845. The van der Waals surface area contributed by atoms with Gasteiger partial charge < -0.3 is 14.1 Å². The predicted molar refractivity (Wildman–Crippen MR) is 100 cm³/mol. The van der Waals surface area contributed by atoms with Crippen LogP contribution in [0.1, 0.15) is 18.1 Å². The van der Waals surface area contributed by atoms with E-state index < -0.39 is 11.7 Å². The lowest BCUT2D eigenvalue weighted by atomic mass is 10.1. The van der Waals surface area contributed by atoms with Crippen LogP contribution in [-0.4, -0.2) is 24.0 Å². The highest BCUT2D eigenvalue weighted by Crippen LogP contribution is 2.23. The number of nitrogens with zero attached hydrogens (tertiary/aromatic N) is 1. The molecular weight excluding hydrogens is 330 g/mol.